The van der Waals surface area contributed by atoms with Crippen molar-refractivity contribution >= 4 is 32.8 Å². The van der Waals surface area contributed by atoms with Crippen LogP contribution in [-0.4, -0.2) is 16.1 Å². The standard InChI is InChI=1S/C14H12BrNO2/c15-10-6-3-5-9-12(14(17)18)8-4-1-2-7-11(8)16-13(9)10/h3,5-6H,1-2,4,7H2,(H,17,18). The van der Waals surface area contributed by atoms with Crippen molar-refractivity contribution in [3.8, 4) is 0 Å². The molecule has 0 saturated heterocycles. The van der Waals surface area contributed by atoms with Gasteiger partial charge in [-0.3, -0.25) is 4.98 Å². The molecule has 0 spiro atoms. The van der Waals surface area contributed by atoms with Gasteiger partial charge in [0.1, 0.15) is 0 Å². The number of rotatable bonds is 1. The zero-order chi connectivity index (χ0) is 12.7. The lowest BCUT2D eigenvalue weighted by Crippen LogP contribution is -2.13. The van der Waals surface area contributed by atoms with E-state index in [1.54, 1.807) is 0 Å². The Morgan fingerprint density at radius 2 is 2.06 bits per heavy atom. The van der Waals surface area contributed by atoms with E-state index in [1.807, 2.05) is 18.2 Å². The van der Waals surface area contributed by atoms with Gasteiger partial charge in [-0.25, -0.2) is 4.79 Å². The highest BCUT2D eigenvalue weighted by Gasteiger charge is 2.22. The van der Waals surface area contributed by atoms with Crippen LogP contribution in [0.5, 0.6) is 0 Å². The van der Waals surface area contributed by atoms with Crippen LogP contribution in [-0.2, 0) is 12.8 Å². The molecule has 1 aliphatic carbocycles. The van der Waals surface area contributed by atoms with Gasteiger partial charge in [0.05, 0.1) is 11.1 Å². The molecule has 3 nitrogen and oxygen atoms in total. The minimum Gasteiger partial charge on any atom is -0.478 e. The topological polar surface area (TPSA) is 50.2 Å². The van der Waals surface area contributed by atoms with E-state index in [2.05, 4.69) is 20.9 Å². The third-order valence-corrected chi connectivity index (χ3v) is 4.10. The second-order valence-corrected chi connectivity index (χ2v) is 5.41. The van der Waals surface area contributed by atoms with E-state index >= 15 is 0 Å². The molecule has 0 aliphatic heterocycles. The number of pyridine rings is 1. The highest BCUT2D eigenvalue weighted by Crippen LogP contribution is 2.32. The summed E-state index contributed by atoms with van der Waals surface area (Å²) < 4.78 is 0.857. The number of fused-ring (bicyclic) bond motifs is 2. The molecule has 2 aromatic rings. The lowest BCUT2D eigenvalue weighted by molar-refractivity contribution is 0.0697. The van der Waals surface area contributed by atoms with Crippen molar-refractivity contribution in [2.75, 3.05) is 0 Å². The molecule has 3 rings (SSSR count). The van der Waals surface area contributed by atoms with Gasteiger partial charge < -0.3 is 5.11 Å². The zero-order valence-corrected chi connectivity index (χ0v) is 11.3. The van der Waals surface area contributed by atoms with Gasteiger partial charge in [-0.15, -0.1) is 0 Å². The third kappa shape index (κ3) is 1.72. The highest BCUT2D eigenvalue weighted by atomic mass is 79.9. The minimum absolute atomic E-state index is 0.441. The fraction of sp³-hybridized carbons (Fsp3) is 0.286. The Bertz CT molecular complexity index is 652. The number of hydrogen-bond acceptors (Lipinski definition) is 2. The molecule has 1 aromatic carbocycles. The number of benzene rings is 1. The summed E-state index contributed by atoms with van der Waals surface area (Å²) in [7, 11) is 0. The van der Waals surface area contributed by atoms with E-state index in [0.717, 1.165) is 52.3 Å². The quantitative estimate of drug-likeness (QED) is 0.876. The molecule has 1 aliphatic rings. The van der Waals surface area contributed by atoms with Gasteiger partial charge in [-0.2, -0.15) is 0 Å². The Labute approximate surface area is 113 Å². The van der Waals surface area contributed by atoms with Crippen molar-refractivity contribution in [1.29, 1.82) is 0 Å². The number of carbonyl (C=O) groups is 1. The maximum atomic E-state index is 11.6. The SMILES string of the molecule is O=C(O)c1c2c(nc3c(Br)cccc13)CCCC2. The molecular weight excluding hydrogens is 294 g/mol. The summed E-state index contributed by atoms with van der Waals surface area (Å²) >= 11 is 3.45. The minimum atomic E-state index is -0.848. The molecule has 0 saturated carbocycles. The molecule has 0 bridgehead atoms. The van der Waals surface area contributed by atoms with E-state index in [-0.39, 0.29) is 0 Å². The van der Waals surface area contributed by atoms with Crippen LogP contribution in [0.15, 0.2) is 22.7 Å². The summed E-state index contributed by atoms with van der Waals surface area (Å²) in [5.41, 5.74) is 3.09. The smallest absolute Gasteiger partial charge is 0.336 e. The summed E-state index contributed by atoms with van der Waals surface area (Å²) in [6, 6.07) is 5.59. The number of para-hydroxylation sites is 1. The Balaban J connectivity index is 2.44. The second kappa shape index (κ2) is 4.35. The van der Waals surface area contributed by atoms with Gasteiger partial charge in [0.25, 0.3) is 0 Å². The van der Waals surface area contributed by atoms with Crippen molar-refractivity contribution in [2.24, 2.45) is 0 Å². The van der Waals surface area contributed by atoms with Crippen LogP contribution >= 0.6 is 15.9 Å². The highest BCUT2D eigenvalue weighted by molar-refractivity contribution is 9.10. The fourth-order valence-corrected chi connectivity index (χ4v) is 3.11. The molecule has 1 aromatic heterocycles. The summed E-state index contributed by atoms with van der Waals surface area (Å²) in [5, 5.41) is 10.2. The lowest BCUT2D eigenvalue weighted by Gasteiger charge is -2.19. The molecule has 4 heteroatoms. The third-order valence-electron chi connectivity index (χ3n) is 3.46. The molecule has 1 N–H and O–H groups in total. The van der Waals surface area contributed by atoms with E-state index in [1.165, 1.54) is 0 Å². The first-order chi connectivity index (χ1) is 8.68. The molecule has 0 amide bonds. The largest absolute Gasteiger partial charge is 0.478 e. The number of hydrogen-bond donors (Lipinski definition) is 1. The molecule has 0 fully saturated rings. The molecule has 0 atom stereocenters. The van der Waals surface area contributed by atoms with Crippen molar-refractivity contribution < 1.29 is 9.90 Å². The number of aromatic carboxylic acids is 1. The number of nitrogens with zero attached hydrogens (tertiary/aromatic N) is 1. The number of aromatic nitrogens is 1. The average Bonchev–Trinajstić information content (AvgIpc) is 2.36. The van der Waals surface area contributed by atoms with Crippen LogP contribution in [0.2, 0.25) is 0 Å². The van der Waals surface area contributed by atoms with Gasteiger partial charge in [-0.1, -0.05) is 12.1 Å². The molecule has 0 unspecified atom stereocenters. The maximum Gasteiger partial charge on any atom is 0.336 e. The second-order valence-electron chi connectivity index (χ2n) is 4.56. The first-order valence-electron chi connectivity index (χ1n) is 6.02. The van der Waals surface area contributed by atoms with Crippen molar-refractivity contribution in [1.82, 2.24) is 4.98 Å². The van der Waals surface area contributed by atoms with Gasteiger partial charge in [0.2, 0.25) is 0 Å². The Hall–Kier alpha value is -1.42. The van der Waals surface area contributed by atoms with E-state index in [4.69, 9.17) is 0 Å². The van der Waals surface area contributed by atoms with Crippen molar-refractivity contribution in [3.63, 3.8) is 0 Å². The number of aryl methyl sites for hydroxylation is 1. The molecular formula is C14H12BrNO2. The molecule has 18 heavy (non-hydrogen) atoms. The van der Waals surface area contributed by atoms with E-state index in [9.17, 15) is 9.90 Å². The Morgan fingerprint density at radius 1 is 1.28 bits per heavy atom. The van der Waals surface area contributed by atoms with Gasteiger partial charge in [0.15, 0.2) is 0 Å². The van der Waals surface area contributed by atoms with Crippen LogP contribution in [0.1, 0.15) is 34.5 Å². The Morgan fingerprint density at radius 3 is 2.83 bits per heavy atom. The van der Waals surface area contributed by atoms with E-state index in [0.29, 0.717) is 5.56 Å². The lowest BCUT2D eigenvalue weighted by atomic mass is 9.90. The number of halogens is 1. The van der Waals surface area contributed by atoms with Crippen LogP contribution < -0.4 is 0 Å². The van der Waals surface area contributed by atoms with Crippen molar-refractivity contribution in [3.05, 3.63) is 39.5 Å². The van der Waals surface area contributed by atoms with Gasteiger partial charge >= 0.3 is 5.97 Å². The predicted octanol–water partition coefficient (Wildman–Crippen LogP) is 3.57. The number of carboxylic acids is 1. The number of carboxylic acid groups (broad SMARTS) is 1. The molecule has 0 radical (unpaired) electrons. The van der Waals surface area contributed by atoms with Crippen LogP contribution in [0.25, 0.3) is 10.9 Å². The van der Waals surface area contributed by atoms with Gasteiger partial charge in [-0.05, 0) is 53.2 Å². The normalized spacial score (nSPS) is 14.5. The van der Waals surface area contributed by atoms with Gasteiger partial charge in [0, 0.05) is 15.6 Å². The first kappa shape index (κ1) is 11.7. The molecule has 1 heterocycles. The predicted molar refractivity (Wildman–Crippen MR) is 73.0 cm³/mol. The van der Waals surface area contributed by atoms with Crippen LogP contribution in [0, 0.1) is 0 Å². The molecule has 92 valence electrons. The fourth-order valence-electron chi connectivity index (χ4n) is 2.65. The summed E-state index contributed by atoms with van der Waals surface area (Å²) in [6.45, 7) is 0. The van der Waals surface area contributed by atoms with Crippen LogP contribution in [0.3, 0.4) is 0 Å². The first-order valence-corrected chi connectivity index (χ1v) is 6.81. The zero-order valence-electron chi connectivity index (χ0n) is 9.74. The summed E-state index contributed by atoms with van der Waals surface area (Å²) in [5.74, 6) is -0.848. The summed E-state index contributed by atoms with van der Waals surface area (Å²) in [6.07, 6.45) is 3.85. The van der Waals surface area contributed by atoms with Crippen molar-refractivity contribution in [2.45, 2.75) is 25.7 Å². The monoisotopic (exact) mass is 305 g/mol. The Kier molecular flexibility index (Phi) is 2.82. The maximum absolute atomic E-state index is 11.6. The summed E-state index contributed by atoms with van der Waals surface area (Å²) in [4.78, 5) is 16.2. The van der Waals surface area contributed by atoms with Crippen LogP contribution in [0.4, 0.5) is 0 Å². The average molecular weight is 306 g/mol. The van der Waals surface area contributed by atoms with E-state index < -0.39 is 5.97 Å².